The smallest absolute Gasteiger partial charge is 0.277 e. The van der Waals surface area contributed by atoms with Gasteiger partial charge >= 0.3 is 0 Å². The van der Waals surface area contributed by atoms with Gasteiger partial charge in [0.2, 0.25) is 0 Å². The van der Waals surface area contributed by atoms with Crippen molar-refractivity contribution in [2.24, 2.45) is 0 Å². The van der Waals surface area contributed by atoms with Crippen molar-refractivity contribution in [3.8, 4) is 0 Å². The van der Waals surface area contributed by atoms with E-state index in [1.54, 1.807) is 11.1 Å². The van der Waals surface area contributed by atoms with Crippen molar-refractivity contribution in [1.82, 2.24) is 4.98 Å². The monoisotopic (exact) mass is 408 g/mol. The fraction of sp³-hybridized carbons (Fsp3) is 0.286. The Labute approximate surface area is 171 Å². The van der Waals surface area contributed by atoms with E-state index in [1.165, 1.54) is 0 Å². The van der Waals surface area contributed by atoms with Crippen LogP contribution in [0.2, 0.25) is 0 Å². The summed E-state index contributed by atoms with van der Waals surface area (Å²) in [5.74, 6) is -0.474. The van der Waals surface area contributed by atoms with Crippen LogP contribution < -0.4 is 4.90 Å². The van der Waals surface area contributed by atoms with Crippen LogP contribution in [0.15, 0.2) is 48.7 Å². The Bertz CT molecular complexity index is 1100. The second kappa shape index (κ2) is 7.94. The summed E-state index contributed by atoms with van der Waals surface area (Å²) >= 11 is 0. The van der Waals surface area contributed by atoms with Gasteiger partial charge in [-0.05, 0) is 18.9 Å². The molecule has 3 aromatic rings. The second-order valence-electron chi connectivity index (χ2n) is 7.44. The predicted octanol–water partition coefficient (Wildman–Crippen LogP) is 4.96. The first-order valence-corrected chi connectivity index (χ1v) is 9.79. The first kappa shape index (κ1) is 19.6. The summed E-state index contributed by atoms with van der Waals surface area (Å²) in [6, 6.07) is 10.6. The summed E-state index contributed by atoms with van der Waals surface area (Å²) in [6.07, 6.45) is 6.42. The van der Waals surface area contributed by atoms with Gasteiger partial charge in [-0.15, -0.1) is 0 Å². The number of fused-ring (bicyclic) bond motifs is 1. The Morgan fingerprint density at radius 1 is 0.967 bits per heavy atom. The van der Waals surface area contributed by atoms with Crippen LogP contribution in [-0.2, 0) is 0 Å². The molecule has 154 valence electrons. The molecule has 9 nitrogen and oxygen atoms in total. The van der Waals surface area contributed by atoms with Crippen molar-refractivity contribution in [1.29, 1.82) is 0 Å². The number of nitro groups is 2. The number of hydrogen-bond donors (Lipinski definition) is 1. The molecule has 1 heterocycles. The largest absolute Gasteiger partial charge is 0.359 e. The number of aromatic amines is 1. The highest BCUT2D eigenvalue weighted by atomic mass is 16.6. The maximum absolute atomic E-state index is 13.6. The zero-order valence-corrected chi connectivity index (χ0v) is 16.1. The number of non-ortho nitro benzene ring substituents is 2. The van der Waals surface area contributed by atoms with Crippen molar-refractivity contribution in [3.05, 3.63) is 74.5 Å². The maximum atomic E-state index is 13.6. The number of amides is 1. The third-order valence-corrected chi connectivity index (χ3v) is 5.56. The van der Waals surface area contributed by atoms with Gasteiger partial charge in [0.25, 0.3) is 17.3 Å². The number of hydrogen-bond acceptors (Lipinski definition) is 5. The molecular formula is C21H20N4O5. The Hall–Kier alpha value is -3.75. The fourth-order valence-corrected chi connectivity index (χ4v) is 4.14. The van der Waals surface area contributed by atoms with Crippen LogP contribution in [0.3, 0.4) is 0 Å². The van der Waals surface area contributed by atoms with Crippen molar-refractivity contribution in [2.75, 3.05) is 4.90 Å². The van der Waals surface area contributed by atoms with Crippen LogP contribution in [0, 0.1) is 20.2 Å². The molecule has 4 rings (SSSR count). The SMILES string of the molecule is O=C(c1cc([N+](=O)[O-])cc([N+](=O)[O-])c1)N(c1c[nH]c2ccccc12)C1CCCCC1. The number of carbonyl (C=O) groups is 1. The van der Waals surface area contributed by atoms with Gasteiger partial charge in [-0.2, -0.15) is 0 Å². The fourth-order valence-electron chi connectivity index (χ4n) is 4.14. The van der Waals surface area contributed by atoms with Crippen LogP contribution in [0.1, 0.15) is 42.5 Å². The molecule has 0 aliphatic heterocycles. The summed E-state index contributed by atoms with van der Waals surface area (Å²) in [5, 5.41) is 23.4. The highest BCUT2D eigenvalue weighted by Crippen LogP contribution is 2.35. The lowest BCUT2D eigenvalue weighted by molar-refractivity contribution is -0.394. The summed E-state index contributed by atoms with van der Waals surface area (Å²) in [5.41, 5.74) is 0.527. The summed E-state index contributed by atoms with van der Waals surface area (Å²) in [7, 11) is 0. The predicted molar refractivity (Wildman–Crippen MR) is 112 cm³/mol. The van der Waals surface area contributed by atoms with E-state index in [1.807, 2.05) is 24.3 Å². The van der Waals surface area contributed by atoms with E-state index in [0.29, 0.717) is 5.69 Å². The first-order chi connectivity index (χ1) is 14.5. The summed E-state index contributed by atoms with van der Waals surface area (Å²) in [6.45, 7) is 0. The number of H-pyrrole nitrogens is 1. The normalized spacial score (nSPS) is 14.5. The van der Waals surface area contributed by atoms with E-state index in [-0.39, 0.29) is 11.6 Å². The van der Waals surface area contributed by atoms with E-state index >= 15 is 0 Å². The molecule has 2 aromatic carbocycles. The minimum atomic E-state index is -0.722. The van der Waals surface area contributed by atoms with Crippen LogP contribution in [0.5, 0.6) is 0 Å². The van der Waals surface area contributed by atoms with E-state index in [0.717, 1.165) is 61.2 Å². The van der Waals surface area contributed by atoms with Gasteiger partial charge in [-0.3, -0.25) is 25.0 Å². The molecular weight excluding hydrogens is 388 g/mol. The van der Waals surface area contributed by atoms with Crippen molar-refractivity contribution >= 4 is 33.9 Å². The van der Waals surface area contributed by atoms with E-state index in [2.05, 4.69) is 4.98 Å². The minimum Gasteiger partial charge on any atom is -0.359 e. The Balaban J connectivity index is 1.84. The molecule has 0 bridgehead atoms. The minimum absolute atomic E-state index is 0.0632. The molecule has 9 heteroatoms. The number of para-hydroxylation sites is 1. The third kappa shape index (κ3) is 3.61. The lowest BCUT2D eigenvalue weighted by Crippen LogP contribution is -2.41. The molecule has 1 saturated carbocycles. The average molecular weight is 408 g/mol. The molecule has 30 heavy (non-hydrogen) atoms. The molecule has 1 amide bonds. The first-order valence-electron chi connectivity index (χ1n) is 9.79. The number of anilines is 1. The average Bonchev–Trinajstić information content (AvgIpc) is 3.18. The summed E-state index contributed by atoms with van der Waals surface area (Å²) < 4.78 is 0. The third-order valence-electron chi connectivity index (χ3n) is 5.56. The standard InChI is InChI=1S/C21H20N4O5/c26-21(14-10-16(24(27)28)12-17(11-14)25(29)30)23(15-6-2-1-3-7-15)20-13-22-19-9-5-4-8-18(19)20/h4-5,8-13,15,22H,1-3,6-7H2. The number of carbonyl (C=O) groups excluding carboxylic acids is 1. The Kier molecular flexibility index (Phi) is 5.18. The van der Waals surface area contributed by atoms with E-state index < -0.39 is 27.1 Å². The highest BCUT2D eigenvalue weighted by Gasteiger charge is 2.31. The van der Waals surface area contributed by atoms with Gasteiger partial charge in [-0.25, -0.2) is 0 Å². The van der Waals surface area contributed by atoms with Gasteiger partial charge in [-0.1, -0.05) is 37.5 Å². The van der Waals surface area contributed by atoms with E-state index in [9.17, 15) is 25.0 Å². The molecule has 0 atom stereocenters. The number of benzene rings is 2. The van der Waals surface area contributed by atoms with Crippen molar-refractivity contribution in [3.63, 3.8) is 0 Å². The van der Waals surface area contributed by atoms with E-state index in [4.69, 9.17) is 0 Å². The van der Waals surface area contributed by atoms with Crippen molar-refractivity contribution < 1.29 is 14.6 Å². The summed E-state index contributed by atoms with van der Waals surface area (Å²) in [4.78, 5) is 39.5. The molecule has 1 aromatic heterocycles. The number of aromatic nitrogens is 1. The van der Waals surface area contributed by atoms with Crippen molar-refractivity contribution in [2.45, 2.75) is 38.1 Å². The zero-order valence-electron chi connectivity index (χ0n) is 16.1. The van der Waals surface area contributed by atoms with Gasteiger partial charge < -0.3 is 9.88 Å². The zero-order chi connectivity index (χ0) is 21.3. The molecule has 0 spiro atoms. The number of nitrogens with one attached hydrogen (secondary N) is 1. The molecule has 0 saturated heterocycles. The number of rotatable bonds is 5. The lowest BCUT2D eigenvalue weighted by atomic mass is 9.93. The molecule has 1 aliphatic carbocycles. The van der Waals surface area contributed by atoms with Gasteiger partial charge in [0, 0.05) is 35.3 Å². The van der Waals surface area contributed by atoms with Crippen LogP contribution >= 0.6 is 0 Å². The molecule has 0 unspecified atom stereocenters. The number of nitro benzene ring substituents is 2. The number of nitrogens with zero attached hydrogens (tertiary/aromatic N) is 3. The topological polar surface area (TPSA) is 122 Å². The molecule has 0 radical (unpaired) electrons. The molecule has 1 aliphatic rings. The Morgan fingerprint density at radius 3 is 2.23 bits per heavy atom. The maximum Gasteiger partial charge on any atom is 0.277 e. The quantitative estimate of drug-likeness (QED) is 0.472. The Morgan fingerprint density at radius 2 is 1.60 bits per heavy atom. The molecule has 1 fully saturated rings. The van der Waals surface area contributed by atoms with Crippen LogP contribution in [0.4, 0.5) is 17.1 Å². The van der Waals surface area contributed by atoms with Crippen LogP contribution in [0.25, 0.3) is 10.9 Å². The highest BCUT2D eigenvalue weighted by molar-refractivity contribution is 6.11. The van der Waals surface area contributed by atoms with Gasteiger partial charge in [0.1, 0.15) is 0 Å². The second-order valence-corrected chi connectivity index (χ2v) is 7.44. The molecule has 1 N–H and O–H groups in total. The van der Waals surface area contributed by atoms with Gasteiger partial charge in [0.05, 0.1) is 27.2 Å². The van der Waals surface area contributed by atoms with Crippen LogP contribution in [-0.4, -0.2) is 26.8 Å². The van der Waals surface area contributed by atoms with Gasteiger partial charge in [0.15, 0.2) is 0 Å². The lowest BCUT2D eigenvalue weighted by Gasteiger charge is -2.34.